The Bertz CT molecular complexity index is 783. The molecule has 25 heavy (non-hydrogen) atoms. The molecule has 2 aromatic rings. The number of anilines is 1. The first kappa shape index (κ1) is 16.0. The van der Waals surface area contributed by atoms with Gasteiger partial charge in [0.2, 0.25) is 0 Å². The van der Waals surface area contributed by atoms with Crippen LogP contribution in [0.3, 0.4) is 0 Å². The highest BCUT2D eigenvalue weighted by atomic mass is 19.4. The Morgan fingerprint density at radius 2 is 1.96 bits per heavy atom. The fourth-order valence-corrected chi connectivity index (χ4v) is 3.12. The summed E-state index contributed by atoms with van der Waals surface area (Å²) < 4.78 is 41.5. The van der Waals surface area contributed by atoms with Gasteiger partial charge in [-0.25, -0.2) is 4.68 Å². The van der Waals surface area contributed by atoms with Crippen LogP contribution in [0.5, 0.6) is 0 Å². The monoisotopic (exact) mass is 350 g/mol. The van der Waals surface area contributed by atoms with Crippen LogP contribution in [0.25, 0.3) is 0 Å². The number of carbonyl (C=O) groups is 1. The van der Waals surface area contributed by atoms with E-state index in [2.05, 4.69) is 15.7 Å². The molecule has 2 unspecified atom stereocenters. The lowest BCUT2D eigenvalue weighted by atomic mass is 9.96. The number of rotatable bonds is 3. The van der Waals surface area contributed by atoms with Gasteiger partial charge in [0, 0.05) is 12.5 Å². The first-order valence-electron chi connectivity index (χ1n) is 8.20. The van der Waals surface area contributed by atoms with E-state index in [9.17, 15) is 18.0 Å². The first-order valence-corrected chi connectivity index (χ1v) is 8.20. The van der Waals surface area contributed by atoms with Crippen molar-refractivity contribution in [2.75, 3.05) is 5.32 Å². The van der Waals surface area contributed by atoms with Crippen LogP contribution < -0.4 is 10.6 Å². The van der Waals surface area contributed by atoms with Gasteiger partial charge in [-0.15, -0.1) is 0 Å². The largest absolute Gasteiger partial charge is 0.410 e. The van der Waals surface area contributed by atoms with Gasteiger partial charge in [-0.2, -0.15) is 18.3 Å². The van der Waals surface area contributed by atoms with Crippen LogP contribution in [-0.2, 0) is 0 Å². The van der Waals surface area contributed by atoms with Crippen molar-refractivity contribution in [3.05, 3.63) is 47.7 Å². The van der Waals surface area contributed by atoms with Gasteiger partial charge in [0.05, 0.1) is 12.2 Å². The Morgan fingerprint density at radius 3 is 2.60 bits per heavy atom. The molecule has 1 amide bonds. The highest BCUT2D eigenvalue weighted by Crippen LogP contribution is 2.44. The standard InChI is InChI=1S/C17H17F3N4O/c18-17(19,20)14-8-13(10-4-2-1-3-5-10)23-15-12(9-21-24(14)15)16(25)22-11-6-7-11/h1-5,9,11,13-14,23H,6-8H2,(H,22,25). The molecule has 0 saturated heterocycles. The number of hydrogen-bond acceptors (Lipinski definition) is 3. The second-order valence-corrected chi connectivity index (χ2v) is 6.50. The molecule has 2 atom stereocenters. The molecule has 1 saturated carbocycles. The zero-order valence-electron chi connectivity index (χ0n) is 13.3. The predicted octanol–water partition coefficient (Wildman–Crippen LogP) is 3.44. The fraction of sp³-hybridized carbons (Fsp3) is 0.412. The van der Waals surface area contributed by atoms with Crippen LogP contribution in [0.4, 0.5) is 19.0 Å². The van der Waals surface area contributed by atoms with Crippen LogP contribution in [0, 0.1) is 0 Å². The van der Waals surface area contributed by atoms with E-state index in [1.807, 2.05) is 6.07 Å². The molecule has 0 spiro atoms. The van der Waals surface area contributed by atoms with Gasteiger partial charge < -0.3 is 10.6 Å². The second kappa shape index (κ2) is 5.79. The van der Waals surface area contributed by atoms with Crippen LogP contribution in [0.15, 0.2) is 36.5 Å². The van der Waals surface area contributed by atoms with Crippen molar-refractivity contribution in [1.82, 2.24) is 15.1 Å². The van der Waals surface area contributed by atoms with Gasteiger partial charge in [-0.1, -0.05) is 30.3 Å². The van der Waals surface area contributed by atoms with Crippen molar-refractivity contribution in [2.45, 2.75) is 43.6 Å². The topological polar surface area (TPSA) is 59.0 Å². The average molecular weight is 350 g/mol. The number of hydrogen-bond donors (Lipinski definition) is 2. The Balaban J connectivity index is 1.71. The molecule has 1 aromatic heterocycles. The minimum atomic E-state index is -4.44. The van der Waals surface area contributed by atoms with Gasteiger partial charge >= 0.3 is 6.18 Å². The molecule has 5 nitrogen and oxygen atoms in total. The van der Waals surface area contributed by atoms with Crippen molar-refractivity contribution in [3.8, 4) is 0 Å². The molecule has 1 fully saturated rings. The number of benzene rings is 1. The SMILES string of the molecule is O=C(NC1CC1)c1cnn2c1NC(c1ccccc1)CC2C(F)(F)F. The molecular formula is C17H17F3N4O. The van der Waals surface area contributed by atoms with Crippen LogP contribution in [-0.4, -0.2) is 27.9 Å². The van der Waals surface area contributed by atoms with Crippen molar-refractivity contribution in [1.29, 1.82) is 0 Å². The molecule has 0 bridgehead atoms. The van der Waals surface area contributed by atoms with E-state index in [0.29, 0.717) is 0 Å². The smallest absolute Gasteiger partial charge is 0.363 e. The average Bonchev–Trinajstić information content (AvgIpc) is 3.29. The summed E-state index contributed by atoms with van der Waals surface area (Å²) in [6, 6.07) is 6.75. The molecule has 2 heterocycles. The fourth-order valence-electron chi connectivity index (χ4n) is 3.12. The zero-order chi connectivity index (χ0) is 17.6. The Morgan fingerprint density at radius 1 is 1.24 bits per heavy atom. The summed E-state index contributed by atoms with van der Waals surface area (Å²) in [7, 11) is 0. The predicted molar refractivity (Wildman–Crippen MR) is 85.2 cm³/mol. The van der Waals surface area contributed by atoms with E-state index in [-0.39, 0.29) is 29.8 Å². The molecule has 1 aliphatic heterocycles. The Kier molecular flexibility index (Phi) is 3.70. The maximum atomic E-state index is 13.6. The number of carbonyl (C=O) groups excluding carboxylic acids is 1. The van der Waals surface area contributed by atoms with Gasteiger partial charge in [0.15, 0.2) is 6.04 Å². The molecule has 2 N–H and O–H groups in total. The third-order valence-electron chi connectivity index (χ3n) is 4.60. The minimum Gasteiger partial charge on any atom is -0.363 e. The van der Waals surface area contributed by atoms with Gasteiger partial charge in [-0.05, 0) is 18.4 Å². The molecule has 1 aromatic carbocycles. The van der Waals surface area contributed by atoms with Gasteiger partial charge in [0.25, 0.3) is 5.91 Å². The summed E-state index contributed by atoms with van der Waals surface area (Å²) in [5, 5.41) is 9.73. The maximum Gasteiger partial charge on any atom is 0.410 e. The first-order chi connectivity index (χ1) is 11.9. The summed E-state index contributed by atoms with van der Waals surface area (Å²) >= 11 is 0. The normalized spacial score (nSPS) is 22.8. The van der Waals surface area contributed by atoms with E-state index < -0.39 is 18.3 Å². The van der Waals surface area contributed by atoms with E-state index in [4.69, 9.17) is 0 Å². The number of nitrogens with zero attached hydrogens (tertiary/aromatic N) is 2. The Hall–Kier alpha value is -2.51. The zero-order valence-corrected chi connectivity index (χ0v) is 13.3. The number of nitrogens with one attached hydrogen (secondary N) is 2. The highest BCUT2D eigenvalue weighted by Gasteiger charge is 2.47. The quantitative estimate of drug-likeness (QED) is 0.892. The molecule has 1 aliphatic carbocycles. The van der Waals surface area contributed by atoms with Crippen molar-refractivity contribution >= 4 is 11.7 Å². The van der Waals surface area contributed by atoms with E-state index >= 15 is 0 Å². The van der Waals surface area contributed by atoms with Gasteiger partial charge in [-0.3, -0.25) is 4.79 Å². The van der Waals surface area contributed by atoms with Crippen LogP contribution in [0.1, 0.15) is 47.3 Å². The number of alkyl halides is 3. The van der Waals surface area contributed by atoms with Crippen LogP contribution >= 0.6 is 0 Å². The molecule has 132 valence electrons. The number of aromatic nitrogens is 2. The summed E-state index contributed by atoms with van der Waals surface area (Å²) in [5.41, 5.74) is 0.902. The lowest BCUT2D eigenvalue weighted by molar-refractivity contribution is -0.173. The lowest BCUT2D eigenvalue weighted by Crippen LogP contribution is -2.36. The summed E-state index contributed by atoms with van der Waals surface area (Å²) in [4.78, 5) is 12.3. The third-order valence-corrected chi connectivity index (χ3v) is 4.60. The molecular weight excluding hydrogens is 333 g/mol. The molecule has 2 aliphatic rings. The summed E-state index contributed by atoms with van der Waals surface area (Å²) in [6.07, 6.45) is -1.60. The van der Waals surface area contributed by atoms with Crippen molar-refractivity contribution in [3.63, 3.8) is 0 Å². The maximum absolute atomic E-state index is 13.6. The van der Waals surface area contributed by atoms with Crippen molar-refractivity contribution < 1.29 is 18.0 Å². The lowest BCUT2D eigenvalue weighted by Gasteiger charge is -2.34. The number of amides is 1. The third kappa shape index (κ3) is 3.08. The Labute approximate surface area is 142 Å². The van der Waals surface area contributed by atoms with E-state index in [0.717, 1.165) is 23.1 Å². The van der Waals surface area contributed by atoms with Crippen LogP contribution in [0.2, 0.25) is 0 Å². The minimum absolute atomic E-state index is 0.120. The van der Waals surface area contributed by atoms with E-state index in [1.165, 1.54) is 6.20 Å². The number of fused-ring (bicyclic) bond motifs is 1. The van der Waals surface area contributed by atoms with Crippen molar-refractivity contribution in [2.24, 2.45) is 0 Å². The molecule has 0 radical (unpaired) electrons. The second-order valence-electron chi connectivity index (χ2n) is 6.50. The summed E-state index contributed by atoms with van der Waals surface area (Å²) in [5.74, 6) is -0.258. The highest BCUT2D eigenvalue weighted by molar-refractivity contribution is 5.99. The summed E-state index contributed by atoms with van der Waals surface area (Å²) in [6.45, 7) is 0. The number of halogens is 3. The van der Waals surface area contributed by atoms with Gasteiger partial charge in [0.1, 0.15) is 11.4 Å². The van der Waals surface area contributed by atoms with E-state index in [1.54, 1.807) is 24.3 Å². The molecule has 4 rings (SSSR count). The molecule has 8 heteroatoms.